The molecule has 5 heteroatoms. The van der Waals surface area contributed by atoms with Crippen LogP contribution in [0.15, 0.2) is 30.3 Å². The van der Waals surface area contributed by atoms with Crippen LogP contribution >= 0.6 is 0 Å². The highest BCUT2D eigenvalue weighted by molar-refractivity contribution is 5.95. The van der Waals surface area contributed by atoms with Crippen molar-refractivity contribution in [3.63, 3.8) is 0 Å². The van der Waals surface area contributed by atoms with Crippen molar-refractivity contribution in [2.24, 2.45) is 0 Å². The molecule has 0 saturated carbocycles. The molecular formula is C17H24N2O3. The van der Waals surface area contributed by atoms with Crippen molar-refractivity contribution >= 4 is 11.5 Å². The number of nitrogens with zero attached hydrogens (tertiary/aromatic N) is 2. The van der Waals surface area contributed by atoms with Crippen LogP contribution in [0.2, 0.25) is 0 Å². The number of aliphatic hydroxyl groups is 1. The lowest BCUT2D eigenvalue weighted by atomic mass is 10.1. The van der Waals surface area contributed by atoms with Gasteiger partial charge in [0.25, 0.3) is 0 Å². The van der Waals surface area contributed by atoms with Gasteiger partial charge in [-0.3, -0.25) is 9.69 Å². The van der Waals surface area contributed by atoms with E-state index in [0.717, 1.165) is 30.0 Å². The summed E-state index contributed by atoms with van der Waals surface area (Å²) in [4.78, 5) is 16.4. The molecule has 1 saturated heterocycles. The zero-order chi connectivity index (χ0) is 15.9. The smallest absolute Gasteiger partial charge is 0.246 e. The summed E-state index contributed by atoms with van der Waals surface area (Å²) in [5.41, 5.74) is 1.92. The minimum atomic E-state index is 0.0453. The van der Waals surface area contributed by atoms with Gasteiger partial charge in [-0.05, 0) is 30.2 Å². The van der Waals surface area contributed by atoms with Crippen molar-refractivity contribution < 1.29 is 14.6 Å². The maximum atomic E-state index is 12.4. The average molecular weight is 304 g/mol. The molecular weight excluding hydrogens is 280 g/mol. The van der Waals surface area contributed by atoms with E-state index in [0.29, 0.717) is 19.6 Å². The standard InChI is InChI=1S/C17H24N2O3/c1-14(15-4-3-5-16(13-15)22-2)12-17(21)19-8-6-18(7-9-19)10-11-20/h3-5,12-13,20H,6-11H2,1-2H3/b14-12+. The highest BCUT2D eigenvalue weighted by Crippen LogP contribution is 2.20. The SMILES string of the molecule is COc1cccc(/C(C)=C/C(=O)N2CCN(CCO)CC2)c1. The third-order valence-electron chi connectivity index (χ3n) is 3.97. The first-order valence-corrected chi connectivity index (χ1v) is 7.59. The summed E-state index contributed by atoms with van der Waals surface area (Å²) in [7, 11) is 1.63. The average Bonchev–Trinajstić information content (AvgIpc) is 2.55. The maximum Gasteiger partial charge on any atom is 0.246 e. The van der Waals surface area contributed by atoms with Crippen LogP contribution in [0, 0.1) is 0 Å². The number of methoxy groups -OCH3 is 1. The van der Waals surface area contributed by atoms with E-state index in [2.05, 4.69) is 4.90 Å². The second kappa shape index (κ2) is 7.96. The molecule has 1 aliphatic heterocycles. The molecule has 0 spiro atoms. The Labute approximate surface area is 131 Å². The number of hydrogen-bond acceptors (Lipinski definition) is 4. The molecule has 0 radical (unpaired) electrons. The van der Waals surface area contributed by atoms with E-state index in [1.54, 1.807) is 13.2 Å². The van der Waals surface area contributed by atoms with E-state index in [4.69, 9.17) is 9.84 Å². The van der Waals surface area contributed by atoms with Crippen molar-refractivity contribution in [2.75, 3.05) is 46.4 Å². The Bertz CT molecular complexity index is 534. The molecule has 1 aromatic rings. The maximum absolute atomic E-state index is 12.4. The van der Waals surface area contributed by atoms with E-state index < -0.39 is 0 Å². The Balaban J connectivity index is 1.98. The lowest BCUT2D eigenvalue weighted by molar-refractivity contribution is -0.127. The summed E-state index contributed by atoms with van der Waals surface area (Å²) in [6.07, 6.45) is 1.69. The number of carbonyl (C=O) groups is 1. The number of ether oxygens (including phenoxy) is 1. The third kappa shape index (κ3) is 4.32. The van der Waals surface area contributed by atoms with Gasteiger partial charge >= 0.3 is 0 Å². The fourth-order valence-electron chi connectivity index (χ4n) is 2.56. The van der Waals surface area contributed by atoms with E-state index in [9.17, 15) is 4.79 Å². The molecule has 1 N–H and O–H groups in total. The number of allylic oxidation sites excluding steroid dienone is 1. The monoisotopic (exact) mass is 304 g/mol. The zero-order valence-electron chi connectivity index (χ0n) is 13.3. The molecule has 120 valence electrons. The number of rotatable bonds is 5. The zero-order valence-corrected chi connectivity index (χ0v) is 13.3. The van der Waals surface area contributed by atoms with Crippen LogP contribution in [0.5, 0.6) is 5.75 Å². The van der Waals surface area contributed by atoms with E-state index in [1.807, 2.05) is 36.1 Å². The first-order valence-electron chi connectivity index (χ1n) is 7.59. The molecule has 0 aliphatic carbocycles. The summed E-state index contributed by atoms with van der Waals surface area (Å²) in [5, 5.41) is 8.94. The molecule has 5 nitrogen and oxygen atoms in total. The third-order valence-corrected chi connectivity index (χ3v) is 3.97. The molecule has 1 heterocycles. The number of amides is 1. The van der Waals surface area contributed by atoms with Gasteiger partial charge in [-0.15, -0.1) is 0 Å². The second-order valence-electron chi connectivity index (χ2n) is 5.45. The summed E-state index contributed by atoms with van der Waals surface area (Å²) in [6, 6.07) is 7.71. The van der Waals surface area contributed by atoms with Crippen LogP contribution < -0.4 is 4.74 Å². The van der Waals surface area contributed by atoms with E-state index >= 15 is 0 Å². The molecule has 1 aliphatic rings. The van der Waals surface area contributed by atoms with E-state index in [-0.39, 0.29) is 12.5 Å². The van der Waals surface area contributed by atoms with Gasteiger partial charge < -0.3 is 14.7 Å². The van der Waals surface area contributed by atoms with Crippen LogP contribution in [0.4, 0.5) is 0 Å². The van der Waals surface area contributed by atoms with Gasteiger partial charge in [0.2, 0.25) is 5.91 Å². The van der Waals surface area contributed by atoms with Crippen molar-refractivity contribution in [1.29, 1.82) is 0 Å². The Morgan fingerprint density at radius 2 is 2.05 bits per heavy atom. The quantitative estimate of drug-likeness (QED) is 0.832. The second-order valence-corrected chi connectivity index (χ2v) is 5.45. The number of aliphatic hydroxyl groups excluding tert-OH is 1. The molecule has 22 heavy (non-hydrogen) atoms. The highest BCUT2D eigenvalue weighted by Gasteiger charge is 2.19. The molecule has 1 fully saturated rings. The van der Waals surface area contributed by atoms with Crippen LogP contribution in [0.25, 0.3) is 5.57 Å². The Morgan fingerprint density at radius 3 is 2.68 bits per heavy atom. The minimum Gasteiger partial charge on any atom is -0.497 e. The van der Waals surface area contributed by atoms with Gasteiger partial charge in [-0.1, -0.05) is 12.1 Å². The molecule has 0 aromatic heterocycles. The number of piperazine rings is 1. The van der Waals surface area contributed by atoms with Gasteiger partial charge in [0.1, 0.15) is 5.75 Å². The fraction of sp³-hybridized carbons (Fsp3) is 0.471. The summed E-state index contributed by atoms with van der Waals surface area (Å²) in [6.45, 7) is 5.84. The minimum absolute atomic E-state index is 0.0453. The van der Waals surface area contributed by atoms with Gasteiger partial charge in [0.05, 0.1) is 13.7 Å². The van der Waals surface area contributed by atoms with Crippen molar-refractivity contribution in [2.45, 2.75) is 6.92 Å². The van der Waals surface area contributed by atoms with Gasteiger partial charge in [-0.25, -0.2) is 0 Å². The van der Waals surface area contributed by atoms with Gasteiger partial charge in [-0.2, -0.15) is 0 Å². The molecule has 0 unspecified atom stereocenters. The number of hydrogen-bond donors (Lipinski definition) is 1. The van der Waals surface area contributed by atoms with Gasteiger partial charge in [0, 0.05) is 38.8 Å². The predicted octanol–water partition coefficient (Wildman–Crippen LogP) is 1.23. The van der Waals surface area contributed by atoms with Crippen molar-refractivity contribution in [1.82, 2.24) is 9.80 Å². The Kier molecular flexibility index (Phi) is 5.98. The molecule has 1 amide bonds. The lowest BCUT2D eigenvalue weighted by Gasteiger charge is -2.33. The van der Waals surface area contributed by atoms with Crippen molar-refractivity contribution in [3.8, 4) is 5.75 Å². The lowest BCUT2D eigenvalue weighted by Crippen LogP contribution is -2.48. The van der Waals surface area contributed by atoms with Crippen LogP contribution in [0.3, 0.4) is 0 Å². The fourth-order valence-corrected chi connectivity index (χ4v) is 2.56. The van der Waals surface area contributed by atoms with Crippen LogP contribution in [0.1, 0.15) is 12.5 Å². The molecule has 1 aromatic carbocycles. The molecule has 0 atom stereocenters. The number of benzene rings is 1. The first kappa shape index (κ1) is 16.5. The number of carbonyl (C=O) groups excluding carboxylic acids is 1. The van der Waals surface area contributed by atoms with Crippen molar-refractivity contribution in [3.05, 3.63) is 35.9 Å². The van der Waals surface area contributed by atoms with Gasteiger partial charge in [0.15, 0.2) is 0 Å². The normalized spacial score (nSPS) is 16.7. The Hall–Kier alpha value is -1.85. The van der Waals surface area contributed by atoms with Crippen LogP contribution in [-0.2, 0) is 4.79 Å². The number of β-amino-alcohol motifs (C(OH)–C–C–N with tert-alkyl or cyclic N) is 1. The largest absolute Gasteiger partial charge is 0.497 e. The predicted molar refractivity (Wildman–Crippen MR) is 86.8 cm³/mol. The first-order chi connectivity index (χ1) is 10.6. The van der Waals surface area contributed by atoms with E-state index in [1.165, 1.54) is 0 Å². The summed E-state index contributed by atoms with van der Waals surface area (Å²) < 4.78 is 5.21. The van der Waals surface area contributed by atoms with Crippen LogP contribution in [-0.4, -0.2) is 67.3 Å². The summed E-state index contributed by atoms with van der Waals surface area (Å²) in [5.74, 6) is 0.833. The molecule has 0 bridgehead atoms. The molecule has 2 rings (SSSR count). The topological polar surface area (TPSA) is 53.0 Å². The Morgan fingerprint density at radius 1 is 1.32 bits per heavy atom. The highest BCUT2D eigenvalue weighted by atomic mass is 16.5. The summed E-state index contributed by atoms with van der Waals surface area (Å²) >= 11 is 0.